The highest BCUT2D eigenvalue weighted by Crippen LogP contribution is 2.31. The van der Waals surface area contributed by atoms with Crippen molar-refractivity contribution in [1.82, 2.24) is 0 Å². The van der Waals surface area contributed by atoms with Crippen LogP contribution >= 0.6 is 0 Å². The molecule has 1 heterocycles. The van der Waals surface area contributed by atoms with E-state index >= 15 is 0 Å². The van der Waals surface area contributed by atoms with Gasteiger partial charge in [0.1, 0.15) is 6.10 Å². The Morgan fingerprint density at radius 1 is 0.885 bits per heavy atom. The number of hydrogen-bond acceptors (Lipinski definition) is 4. The van der Waals surface area contributed by atoms with Crippen molar-refractivity contribution >= 4 is 0 Å². The summed E-state index contributed by atoms with van der Waals surface area (Å²) < 4.78 is 18.2. The first-order valence-corrected chi connectivity index (χ1v) is 9.33. The van der Waals surface area contributed by atoms with Crippen molar-refractivity contribution in [2.75, 3.05) is 0 Å². The third-order valence-corrected chi connectivity index (χ3v) is 4.98. The van der Waals surface area contributed by atoms with Gasteiger partial charge in [-0.25, -0.2) is 0 Å². The highest BCUT2D eigenvalue weighted by molar-refractivity contribution is 5.14. The maximum Gasteiger partial charge on any atom is 0.186 e. The molecule has 3 rings (SSSR count). The summed E-state index contributed by atoms with van der Waals surface area (Å²) in [6.07, 6.45) is -0.943. The summed E-state index contributed by atoms with van der Waals surface area (Å²) >= 11 is 0. The van der Waals surface area contributed by atoms with E-state index in [4.69, 9.17) is 14.2 Å². The average Bonchev–Trinajstić information content (AvgIpc) is 2.69. The minimum absolute atomic E-state index is 0.00245. The fraction of sp³-hybridized carbons (Fsp3) is 0.455. The summed E-state index contributed by atoms with van der Waals surface area (Å²) in [5.41, 5.74) is 2.13. The molecular weight excluding hydrogens is 328 g/mol. The fourth-order valence-corrected chi connectivity index (χ4v) is 3.35. The number of hydrogen-bond donors (Lipinski definition) is 1. The molecule has 3 unspecified atom stereocenters. The first-order chi connectivity index (χ1) is 12.7. The molecule has 5 atom stereocenters. The molecule has 0 bridgehead atoms. The van der Waals surface area contributed by atoms with Gasteiger partial charge in [-0.3, -0.25) is 0 Å². The lowest BCUT2D eigenvalue weighted by molar-refractivity contribution is -0.299. The molecule has 0 aliphatic carbocycles. The molecule has 140 valence electrons. The van der Waals surface area contributed by atoms with Crippen LogP contribution in [-0.2, 0) is 27.4 Å². The number of aliphatic hydroxyl groups excluding tert-OH is 1. The molecule has 1 saturated heterocycles. The number of benzene rings is 2. The zero-order valence-electron chi connectivity index (χ0n) is 15.5. The molecular formula is C22H28O4. The van der Waals surface area contributed by atoms with Crippen molar-refractivity contribution in [3.05, 3.63) is 71.8 Å². The molecule has 0 radical (unpaired) electrons. The van der Waals surface area contributed by atoms with E-state index in [-0.39, 0.29) is 12.0 Å². The Balaban J connectivity index is 1.68. The van der Waals surface area contributed by atoms with Crippen molar-refractivity contribution in [3.8, 4) is 0 Å². The van der Waals surface area contributed by atoms with Crippen LogP contribution in [0.25, 0.3) is 0 Å². The van der Waals surface area contributed by atoms with E-state index in [1.807, 2.05) is 67.6 Å². The van der Waals surface area contributed by atoms with Gasteiger partial charge in [0, 0.05) is 5.92 Å². The minimum atomic E-state index is -0.627. The van der Waals surface area contributed by atoms with Gasteiger partial charge in [-0.2, -0.15) is 0 Å². The first kappa shape index (κ1) is 19.1. The van der Waals surface area contributed by atoms with E-state index in [1.165, 1.54) is 0 Å². The van der Waals surface area contributed by atoms with E-state index in [1.54, 1.807) is 0 Å². The van der Waals surface area contributed by atoms with E-state index in [0.717, 1.165) is 17.5 Å². The molecule has 0 saturated carbocycles. The summed E-state index contributed by atoms with van der Waals surface area (Å²) in [6, 6.07) is 19.9. The van der Waals surface area contributed by atoms with E-state index < -0.39 is 18.5 Å². The molecule has 0 spiro atoms. The number of aliphatic hydroxyl groups is 1. The van der Waals surface area contributed by atoms with Crippen LogP contribution in [0.3, 0.4) is 0 Å². The van der Waals surface area contributed by atoms with Crippen molar-refractivity contribution in [2.45, 2.75) is 58.1 Å². The van der Waals surface area contributed by atoms with Gasteiger partial charge in [-0.05, 0) is 17.5 Å². The van der Waals surface area contributed by atoms with Gasteiger partial charge in [0.25, 0.3) is 0 Å². The molecule has 1 N–H and O–H groups in total. The van der Waals surface area contributed by atoms with Crippen molar-refractivity contribution < 1.29 is 19.3 Å². The molecule has 0 aromatic heterocycles. The fourth-order valence-electron chi connectivity index (χ4n) is 3.35. The summed E-state index contributed by atoms with van der Waals surface area (Å²) in [4.78, 5) is 0. The lowest BCUT2D eigenvalue weighted by atomic mass is 9.89. The monoisotopic (exact) mass is 356 g/mol. The number of ether oxygens (including phenoxy) is 3. The maximum atomic E-state index is 10.8. The molecule has 26 heavy (non-hydrogen) atoms. The Morgan fingerprint density at radius 3 is 1.96 bits per heavy atom. The van der Waals surface area contributed by atoms with Gasteiger partial charge in [-0.1, -0.05) is 74.5 Å². The molecule has 0 amide bonds. The Hall–Kier alpha value is -1.72. The second kappa shape index (κ2) is 9.28. The molecule has 2 aromatic rings. The molecule has 4 heteroatoms. The van der Waals surface area contributed by atoms with Gasteiger partial charge in [0.2, 0.25) is 0 Å². The summed E-state index contributed by atoms with van der Waals surface area (Å²) in [5, 5.41) is 10.8. The van der Waals surface area contributed by atoms with E-state index in [2.05, 4.69) is 6.92 Å². The van der Waals surface area contributed by atoms with Gasteiger partial charge in [0.15, 0.2) is 6.29 Å². The normalized spacial score (nSPS) is 28.8. The molecule has 1 aliphatic heterocycles. The number of rotatable bonds is 7. The second-order valence-electron chi connectivity index (χ2n) is 6.86. The van der Waals surface area contributed by atoms with Crippen LogP contribution in [0.4, 0.5) is 0 Å². The highest BCUT2D eigenvalue weighted by atomic mass is 16.7. The van der Waals surface area contributed by atoms with Crippen molar-refractivity contribution in [3.63, 3.8) is 0 Å². The zero-order chi connectivity index (χ0) is 18.4. The van der Waals surface area contributed by atoms with Gasteiger partial charge >= 0.3 is 0 Å². The molecule has 1 aliphatic rings. The van der Waals surface area contributed by atoms with Gasteiger partial charge in [0.05, 0.1) is 25.4 Å². The summed E-state index contributed by atoms with van der Waals surface area (Å²) in [5.74, 6) is -0.00245. The largest absolute Gasteiger partial charge is 0.390 e. The molecule has 4 nitrogen and oxygen atoms in total. The van der Waals surface area contributed by atoms with Gasteiger partial charge in [-0.15, -0.1) is 0 Å². The second-order valence-corrected chi connectivity index (χ2v) is 6.86. The van der Waals surface area contributed by atoms with E-state index in [0.29, 0.717) is 13.2 Å². The maximum absolute atomic E-state index is 10.8. The standard InChI is InChI=1S/C22H28O4/c1-3-19-16(2)20(23)21(24-14-17-10-6-4-7-11-17)22(26-19)25-15-18-12-8-5-9-13-18/h4-13,16,19-23H,3,14-15H2,1-2H3/t16-,19?,20?,21?,22+/m0/s1. The third kappa shape index (κ3) is 4.71. The first-order valence-electron chi connectivity index (χ1n) is 9.33. The Kier molecular flexibility index (Phi) is 6.80. The Labute approximate surface area is 155 Å². The third-order valence-electron chi connectivity index (χ3n) is 4.98. The smallest absolute Gasteiger partial charge is 0.186 e. The average molecular weight is 356 g/mol. The molecule has 1 fully saturated rings. The molecule has 2 aromatic carbocycles. The Bertz CT molecular complexity index is 646. The van der Waals surface area contributed by atoms with Crippen LogP contribution in [0.1, 0.15) is 31.4 Å². The summed E-state index contributed by atoms with van der Waals surface area (Å²) in [7, 11) is 0. The Morgan fingerprint density at radius 2 is 1.42 bits per heavy atom. The lowest BCUT2D eigenvalue weighted by Gasteiger charge is -2.43. The van der Waals surface area contributed by atoms with Crippen LogP contribution in [-0.4, -0.2) is 29.7 Å². The van der Waals surface area contributed by atoms with Crippen LogP contribution in [0, 0.1) is 5.92 Å². The SMILES string of the molecule is CCC1O[C@@H](OCc2ccccc2)C(OCc2ccccc2)C(O)[C@H]1C. The van der Waals surface area contributed by atoms with Crippen LogP contribution in [0.5, 0.6) is 0 Å². The van der Waals surface area contributed by atoms with Crippen LogP contribution in [0.2, 0.25) is 0 Å². The van der Waals surface area contributed by atoms with Crippen molar-refractivity contribution in [2.24, 2.45) is 5.92 Å². The minimum Gasteiger partial charge on any atom is -0.390 e. The highest BCUT2D eigenvalue weighted by Gasteiger charge is 2.43. The lowest BCUT2D eigenvalue weighted by Crippen LogP contribution is -2.55. The van der Waals surface area contributed by atoms with Crippen LogP contribution in [0.15, 0.2) is 60.7 Å². The predicted molar refractivity (Wildman–Crippen MR) is 100 cm³/mol. The zero-order valence-corrected chi connectivity index (χ0v) is 15.5. The topological polar surface area (TPSA) is 47.9 Å². The predicted octanol–water partition coefficient (Wildman–Crippen LogP) is 3.92. The summed E-state index contributed by atoms with van der Waals surface area (Å²) in [6.45, 7) is 4.91. The van der Waals surface area contributed by atoms with Crippen LogP contribution < -0.4 is 0 Å². The quantitative estimate of drug-likeness (QED) is 0.817. The van der Waals surface area contributed by atoms with Gasteiger partial charge < -0.3 is 19.3 Å². The van der Waals surface area contributed by atoms with Crippen molar-refractivity contribution in [1.29, 1.82) is 0 Å². The van der Waals surface area contributed by atoms with E-state index in [9.17, 15) is 5.11 Å².